The van der Waals surface area contributed by atoms with Gasteiger partial charge in [0.1, 0.15) is 18.7 Å². The van der Waals surface area contributed by atoms with E-state index in [1.807, 2.05) is 87.8 Å². The molecule has 1 aliphatic rings. The van der Waals surface area contributed by atoms with Crippen molar-refractivity contribution in [3.8, 4) is 10.4 Å². The van der Waals surface area contributed by atoms with Crippen LogP contribution in [0.3, 0.4) is 0 Å². The Balaban J connectivity index is 1.34. The quantitative estimate of drug-likeness (QED) is 0.0719. The Bertz CT molecular complexity index is 1620. The Labute approximate surface area is 308 Å². The van der Waals surface area contributed by atoms with Gasteiger partial charge in [0.05, 0.1) is 61.8 Å². The van der Waals surface area contributed by atoms with Crippen LogP contribution in [0.1, 0.15) is 44.0 Å². The fourth-order valence-corrected chi connectivity index (χ4v) is 6.44. The molecule has 15 heteroatoms. The van der Waals surface area contributed by atoms with Gasteiger partial charge < -0.3 is 34.5 Å². The zero-order valence-corrected chi connectivity index (χ0v) is 31.1. The Kier molecular flexibility index (Phi) is 16.0. The van der Waals surface area contributed by atoms with E-state index in [0.29, 0.717) is 39.4 Å². The van der Waals surface area contributed by atoms with Crippen LogP contribution in [0.5, 0.6) is 0 Å². The molecule has 0 spiro atoms. The second kappa shape index (κ2) is 20.6. The van der Waals surface area contributed by atoms with Crippen LogP contribution in [-0.2, 0) is 46.5 Å². The van der Waals surface area contributed by atoms with E-state index in [1.165, 1.54) is 0 Å². The number of benzene rings is 2. The van der Waals surface area contributed by atoms with Gasteiger partial charge in [0.15, 0.2) is 0 Å². The summed E-state index contributed by atoms with van der Waals surface area (Å²) >= 11 is 1.58. The molecule has 0 radical (unpaired) electrons. The topological polar surface area (TPSA) is 177 Å². The molecule has 1 saturated heterocycles. The lowest BCUT2D eigenvalue weighted by Gasteiger charge is -2.35. The molecule has 1 fully saturated rings. The SMILES string of the molecule is Cc1ncsc1-c1ccc(CNC(=O)[C@@H]2C[C@@H](OCc3ccccc3)CN2C(=O)[C@@H](NC(=O)COCCOCCOCCN=[N+]=[N-])C(C)(C)C)cc1. The maximum atomic E-state index is 14.2. The molecule has 0 saturated carbocycles. The number of nitrogens with zero attached hydrogens (tertiary/aromatic N) is 5. The van der Waals surface area contributed by atoms with Crippen molar-refractivity contribution in [2.24, 2.45) is 10.5 Å². The molecule has 2 N–H and O–H groups in total. The minimum absolute atomic E-state index is 0.169. The van der Waals surface area contributed by atoms with Gasteiger partial charge in [0.25, 0.3) is 0 Å². The van der Waals surface area contributed by atoms with Gasteiger partial charge >= 0.3 is 0 Å². The van der Waals surface area contributed by atoms with Gasteiger partial charge in [0.2, 0.25) is 17.7 Å². The molecule has 0 unspecified atom stereocenters. The van der Waals surface area contributed by atoms with Crippen molar-refractivity contribution < 1.29 is 33.3 Å². The zero-order chi connectivity index (χ0) is 37.3. The third kappa shape index (κ3) is 12.7. The Morgan fingerprint density at radius 2 is 1.69 bits per heavy atom. The average molecular weight is 736 g/mol. The van der Waals surface area contributed by atoms with Crippen molar-refractivity contribution >= 4 is 29.1 Å². The molecule has 3 aromatic rings. The minimum Gasteiger partial charge on any atom is -0.379 e. The predicted molar refractivity (Wildman–Crippen MR) is 197 cm³/mol. The second-order valence-corrected chi connectivity index (χ2v) is 14.3. The molecule has 3 atom stereocenters. The van der Waals surface area contributed by atoms with Crippen LogP contribution in [0.25, 0.3) is 20.9 Å². The van der Waals surface area contributed by atoms with Gasteiger partial charge in [-0.15, -0.1) is 11.3 Å². The summed E-state index contributed by atoms with van der Waals surface area (Å²) in [6.45, 7) is 9.81. The van der Waals surface area contributed by atoms with E-state index >= 15 is 0 Å². The Morgan fingerprint density at radius 1 is 1.00 bits per heavy atom. The molecule has 0 bridgehead atoms. The maximum absolute atomic E-state index is 14.2. The third-order valence-corrected chi connectivity index (χ3v) is 9.38. The lowest BCUT2D eigenvalue weighted by atomic mass is 9.85. The summed E-state index contributed by atoms with van der Waals surface area (Å²) in [5, 5.41) is 9.26. The molecule has 2 heterocycles. The van der Waals surface area contributed by atoms with Crippen molar-refractivity contribution in [3.05, 3.63) is 87.4 Å². The fourth-order valence-electron chi connectivity index (χ4n) is 5.63. The lowest BCUT2D eigenvalue weighted by Crippen LogP contribution is -2.58. The van der Waals surface area contributed by atoms with E-state index in [0.717, 1.165) is 27.3 Å². The van der Waals surface area contributed by atoms with Crippen LogP contribution in [0, 0.1) is 12.3 Å². The third-order valence-electron chi connectivity index (χ3n) is 8.40. The number of aryl methyl sites for hydroxylation is 1. The van der Waals surface area contributed by atoms with E-state index in [4.69, 9.17) is 24.5 Å². The summed E-state index contributed by atoms with van der Waals surface area (Å²) in [6.07, 6.45) is -0.0567. The first-order valence-corrected chi connectivity index (χ1v) is 18.2. The van der Waals surface area contributed by atoms with E-state index in [2.05, 4.69) is 25.6 Å². The van der Waals surface area contributed by atoms with Crippen LogP contribution in [0.4, 0.5) is 0 Å². The lowest BCUT2D eigenvalue weighted by molar-refractivity contribution is -0.144. The van der Waals surface area contributed by atoms with Crippen LogP contribution in [0.15, 0.2) is 65.2 Å². The molecule has 280 valence electrons. The highest BCUT2D eigenvalue weighted by atomic mass is 32.1. The number of aromatic nitrogens is 1. The number of thiazole rings is 1. The number of azide groups is 1. The first kappa shape index (κ1) is 40.4. The maximum Gasteiger partial charge on any atom is 0.246 e. The van der Waals surface area contributed by atoms with Gasteiger partial charge in [-0.2, -0.15) is 0 Å². The predicted octanol–water partition coefficient (Wildman–Crippen LogP) is 4.81. The van der Waals surface area contributed by atoms with Gasteiger partial charge in [-0.1, -0.05) is 80.5 Å². The van der Waals surface area contributed by atoms with Gasteiger partial charge in [-0.05, 0) is 34.6 Å². The number of nitrogens with one attached hydrogen (secondary N) is 2. The number of amides is 3. The first-order valence-electron chi connectivity index (χ1n) is 17.3. The number of likely N-dealkylation sites (tertiary alicyclic amines) is 1. The largest absolute Gasteiger partial charge is 0.379 e. The first-order chi connectivity index (χ1) is 25.1. The summed E-state index contributed by atoms with van der Waals surface area (Å²) in [6, 6.07) is 16.0. The summed E-state index contributed by atoms with van der Waals surface area (Å²) in [5.41, 5.74) is 13.4. The molecular weight excluding hydrogens is 687 g/mol. The molecule has 0 aliphatic carbocycles. The number of hydrogen-bond acceptors (Lipinski definition) is 10. The number of hydrogen-bond donors (Lipinski definition) is 2. The van der Waals surface area contributed by atoms with Gasteiger partial charge in [-0.3, -0.25) is 14.4 Å². The molecule has 1 aliphatic heterocycles. The van der Waals surface area contributed by atoms with Crippen molar-refractivity contribution in [1.82, 2.24) is 20.5 Å². The average Bonchev–Trinajstić information content (AvgIpc) is 3.77. The van der Waals surface area contributed by atoms with Crippen LogP contribution in [0.2, 0.25) is 0 Å². The number of carbonyl (C=O) groups is 3. The van der Waals surface area contributed by atoms with Crippen LogP contribution in [-0.4, -0.2) is 98.5 Å². The van der Waals surface area contributed by atoms with Crippen molar-refractivity contribution in [1.29, 1.82) is 0 Å². The van der Waals surface area contributed by atoms with E-state index in [1.54, 1.807) is 16.2 Å². The van der Waals surface area contributed by atoms with Crippen LogP contribution >= 0.6 is 11.3 Å². The number of ether oxygens (including phenoxy) is 4. The molecule has 4 rings (SSSR count). The molecule has 1 aromatic heterocycles. The highest BCUT2D eigenvalue weighted by Crippen LogP contribution is 2.29. The normalized spacial score (nSPS) is 16.3. The molecule has 3 amide bonds. The van der Waals surface area contributed by atoms with Crippen molar-refractivity contribution in [2.45, 2.75) is 65.5 Å². The zero-order valence-electron chi connectivity index (χ0n) is 30.3. The molecular formula is C37H49N7O7S. The summed E-state index contributed by atoms with van der Waals surface area (Å²) < 4.78 is 22.4. The molecule has 2 aromatic carbocycles. The number of carbonyl (C=O) groups excluding carboxylic acids is 3. The van der Waals surface area contributed by atoms with Crippen molar-refractivity contribution in [2.75, 3.05) is 52.7 Å². The van der Waals surface area contributed by atoms with E-state index in [-0.39, 0.29) is 50.8 Å². The fraction of sp³-hybridized carbons (Fsp3) is 0.514. The van der Waals surface area contributed by atoms with E-state index in [9.17, 15) is 14.4 Å². The van der Waals surface area contributed by atoms with Gasteiger partial charge in [-0.25, -0.2) is 4.98 Å². The summed E-state index contributed by atoms with van der Waals surface area (Å²) in [4.78, 5) is 50.6. The number of rotatable bonds is 20. The van der Waals surface area contributed by atoms with Crippen molar-refractivity contribution in [3.63, 3.8) is 0 Å². The van der Waals surface area contributed by atoms with Gasteiger partial charge in [0, 0.05) is 31.0 Å². The molecule has 14 nitrogen and oxygen atoms in total. The van der Waals surface area contributed by atoms with E-state index < -0.39 is 23.4 Å². The Hall–Kier alpha value is -4.37. The Morgan fingerprint density at radius 3 is 2.35 bits per heavy atom. The highest BCUT2D eigenvalue weighted by molar-refractivity contribution is 7.13. The standard InChI is InChI=1S/C37H49N7O7S/c1-26-33(52-25-40-26)29-12-10-27(11-13-29)21-39-35(46)31-20-30(51-23-28-8-6-5-7-9-28)22-44(31)36(47)34(37(2,3)4)42-32(45)24-50-19-18-49-17-16-48-15-14-41-43-38/h5-13,25,30-31,34H,14-24H2,1-4H3,(H,39,46)(H,42,45)/t30-,31+,34-/m1/s1. The van der Waals surface area contributed by atoms with Crippen LogP contribution < -0.4 is 10.6 Å². The monoisotopic (exact) mass is 735 g/mol. The summed E-state index contributed by atoms with van der Waals surface area (Å²) in [7, 11) is 0. The summed E-state index contributed by atoms with van der Waals surface area (Å²) in [5.74, 6) is -1.10. The second-order valence-electron chi connectivity index (χ2n) is 13.4. The minimum atomic E-state index is -0.923. The smallest absolute Gasteiger partial charge is 0.246 e. The highest BCUT2D eigenvalue weighted by Gasteiger charge is 2.45. The molecule has 52 heavy (non-hydrogen) atoms.